The molecule has 1 N–H and O–H groups in total. The topological polar surface area (TPSA) is 64.6 Å². The fourth-order valence-electron chi connectivity index (χ4n) is 1.75. The van der Waals surface area contributed by atoms with Crippen molar-refractivity contribution in [3.8, 4) is 0 Å². The van der Waals surface area contributed by atoms with Crippen LogP contribution in [0.3, 0.4) is 0 Å². The van der Waals surface area contributed by atoms with E-state index < -0.39 is 0 Å². The molecule has 22 heavy (non-hydrogen) atoms. The third-order valence-electron chi connectivity index (χ3n) is 2.84. The number of rotatable bonds is 10. The van der Waals surface area contributed by atoms with E-state index >= 15 is 0 Å². The summed E-state index contributed by atoms with van der Waals surface area (Å²) in [4.78, 5) is 22.8. The third-order valence-corrected chi connectivity index (χ3v) is 2.84. The van der Waals surface area contributed by atoms with Gasteiger partial charge < -0.3 is 14.8 Å². The first-order valence-electron chi connectivity index (χ1n) is 7.62. The maximum absolute atomic E-state index is 11.6. The Morgan fingerprint density at radius 3 is 2.55 bits per heavy atom. The summed E-state index contributed by atoms with van der Waals surface area (Å²) in [5.41, 5.74) is 1.05. The minimum Gasteiger partial charge on any atom is -0.466 e. The van der Waals surface area contributed by atoms with Crippen LogP contribution in [-0.4, -0.2) is 31.7 Å². The molecule has 1 aromatic rings. The molecule has 0 aliphatic rings. The van der Waals surface area contributed by atoms with Gasteiger partial charge in [-0.1, -0.05) is 44.2 Å². The van der Waals surface area contributed by atoms with Gasteiger partial charge in [0, 0.05) is 19.4 Å². The van der Waals surface area contributed by atoms with E-state index in [2.05, 4.69) is 5.32 Å². The highest BCUT2D eigenvalue weighted by Gasteiger charge is 2.06. The van der Waals surface area contributed by atoms with E-state index in [1.54, 1.807) is 0 Å². The Labute approximate surface area is 132 Å². The van der Waals surface area contributed by atoms with Gasteiger partial charge in [0.15, 0.2) is 0 Å². The highest BCUT2D eigenvalue weighted by atomic mass is 16.5. The number of nitrogens with one attached hydrogen (secondary N) is 1. The maximum Gasteiger partial charge on any atom is 0.306 e. The normalized spacial score (nSPS) is 10.5. The number of esters is 1. The van der Waals surface area contributed by atoms with Crippen molar-refractivity contribution in [3.05, 3.63) is 35.9 Å². The van der Waals surface area contributed by atoms with Gasteiger partial charge in [-0.25, -0.2) is 0 Å². The van der Waals surface area contributed by atoms with Crippen molar-refractivity contribution in [3.63, 3.8) is 0 Å². The van der Waals surface area contributed by atoms with Gasteiger partial charge in [0.1, 0.15) is 6.61 Å². The second-order valence-corrected chi connectivity index (χ2v) is 5.49. The first kappa shape index (κ1) is 18.2. The summed E-state index contributed by atoms with van der Waals surface area (Å²) in [6, 6.07) is 9.69. The summed E-state index contributed by atoms with van der Waals surface area (Å²) in [5, 5.41) is 2.78. The van der Waals surface area contributed by atoms with Crippen LogP contribution in [0, 0.1) is 5.92 Å². The summed E-state index contributed by atoms with van der Waals surface area (Å²) >= 11 is 0. The van der Waals surface area contributed by atoms with E-state index in [1.807, 2.05) is 44.2 Å². The van der Waals surface area contributed by atoms with Crippen LogP contribution in [0.4, 0.5) is 0 Å². The summed E-state index contributed by atoms with van der Waals surface area (Å²) in [5.74, 6) is -0.0340. The molecular formula is C17H25NO4. The minimum atomic E-state index is -0.185. The van der Waals surface area contributed by atoms with Crippen LogP contribution in [0.5, 0.6) is 0 Å². The minimum absolute atomic E-state index is 0.0206. The van der Waals surface area contributed by atoms with Crippen LogP contribution >= 0.6 is 0 Å². The summed E-state index contributed by atoms with van der Waals surface area (Å²) < 4.78 is 10.3. The number of hydrogen-bond acceptors (Lipinski definition) is 4. The maximum atomic E-state index is 11.6. The monoisotopic (exact) mass is 307 g/mol. The summed E-state index contributed by atoms with van der Waals surface area (Å²) in [7, 11) is 0. The molecule has 0 aliphatic heterocycles. The average Bonchev–Trinajstić information content (AvgIpc) is 2.49. The highest BCUT2D eigenvalue weighted by Crippen LogP contribution is 2.01. The molecule has 0 heterocycles. The summed E-state index contributed by atoms with van der Waals surface area (Å²) in [6.45, 7) is 5.18. The molecule has 0 fully saturated rings. The molecule has 122 valence electrons. The molecule has 5 nitrogen and oxygen atoms in total. The zero-order chi connectivity index (χ0) is 16.2. The molecule has 5 heteroatoms. The lowest BCUT2D eigenvalue weighted by Crippen LogP contribution is -2.27. The Morgan fingerprint density at radius 1 is 1.14 bits per heavy atom. The van der Waals surface area contributed by atoms with E-state index in [4.69, 9.17) is 9.47 Å². The van der Waals surface area contributed by atoms with E-state index in [-0.39, 0.29) is 18.5 Å². The van der Waals surface area contributed by atoms with Gasteiger partial charge in [-0.05, 0) is 11.5 Å². The molecule has 0 aromatic heterocycles. The molecule has 1 aromatic carbocycles. The molecular weight excluding hydrogens is 282 g/mol. The first-order chi connectivity index (χ1) is 10.6. The molecule has 0 radical (unpaired) electrons. The van der Waals surface area contributed by atoms with Crippen molar-refractivity contribution in [2.75, 3.05) is 19.8 Å². The van der Waals surface area contributed by atoms with Crippen molar-refractivity contribution in [2.24, 2.45) is 5.92 Å². The van der Waals surface area contributed by atoms with Crippen LogP contribution in [0.15, 0.2) is 30.3 Å². The van der Waals surface area contributed by atoms with Gasteiger partial charge in [0.2, 0.25) is 5.91 Å². The first-order valence-corrected chi connectivity index (χ1v) is 7.62. The van der Waals surface area contributed by atoms with Crippen molar-refractivity contribution >= 4 is 11.9 Å². The molecule has 1 rings (SSSR count). The molecule has 0 aliphatic carbocycles. The van der Waals surface area contributed by atoms with Gasteiger partial charge in [-0.15, -0.1) is 0 Å². The smallest absolute Gasteiger partial charge is 0.306 e. The van der Waals surface area contributed by atoms with Gasteiger partial charge in [0.25, 0.3) is 0 Å². The Hall–Kier alpha value is -1.88. The fraction of sp³-hybridized carbons (Fsp3) is 0.529. The molecule has 0 spiro atoms. The molecule has 0 unspecified atom stereocenters. The average molecular weight is 307 g/mol. The second kappa shape index (κ2) is 10.8. The van der Waals surface area contributed by atoms with Crippen LogP contribution in [0.2, 0.25) is 0 Å². The Kier molecular flexibility index (Phi) is 8.91. The van der Waals surface area contributed by atoms with Gasteiger partial charge >= 0.3 is 5.97 Å². The Balaban J connectivity index is 1.98. The van der Waals surface area contributed by atoms with Gasteiger partial charge in [0.05, 0.1) is 13.2 Å². The Morgan fingerprint density at radius 2 is 1.86 bits per heavy atom. The predicted molar refractivity (Wildman–Crippen MR) is 84.1 cm³/mol. The molecule has 0 saturated carbocycles. The predicted octanol–water partition coefficient (Wildman–Crippen LogP) is 2.30. The van der Waals surface area contributed by atoms with Gasteiger partial charge in [-0.3, -0.25) is 9.59 Å². The Bertz CT molecular complexity index is 445. The number of benzene rings is 1. The van der Waals surface area contributed by atoms with Gasteiger partial charge in [-0.2, -0.15) is 0 Å². The van der Waals surface area contributed by atoms with Crippen LogP contribution in [0.25, 0.3) is 0 Å². The molecule has 0 bridgehead atoms. The fourth-order valence-corrected chi connectivity index (χ4v) is 1.75. The summed E-state index contributed by atoms with van der Waals surface area (Å²) in [6.07, 6.45) is 1.03. The van der Waals surface area contributed by atoms with Crippen LogP contribution in [0.1, 0.15) is 32.3 Å². The SMILES string of the molecule is CC(C)CC(=O)OCCCOCC(=O)NCc1ccccc1. The molecule has 0 saturated heterocycles. The molecule has 1 amide bonds. The van der Waals surface area contributed by atoms with Crippen LogP contribution < -0.4 is 5.32 Å². The van der Waals surface area contributed by atoms with E-state index in [0.717, 1.165) is 5.56 Å². The van der Waals surface area contributed by atoms with Crippen molar-refractivity contribution in [1.29, 1.82) is 0 Å². The van der Waals surface area contributed by atoms with E-state index in [9.17, 15) is 9.59 Å². The number of hydrogen-bond donors (Lipinski definition) is 1. The quantitative estimate of drug-likeness (QED) is 0.532. The standard InChI is InChI=1S/C17H25NO4/c1-14(2)11-17(20)22-10-6-9-21-13-16(19)18-12-15-7-4-3-5-8-15/h3-5,7-8,14H,6,9-13H2,1-2H3,(H,18,19). The third kappa shape index (κ3) is 9.13. The lowest BCUT2D eigenvalue weighted by molar-refractivity contribution is -0.145. The van der Waals surface area contributed by atoms with Crippen molar-refractivity contribution < 1.29 is 19.1 Å². The largest absolute Gasteiger partial charge is 0.466 e. The zero-order valence-electron chi connectivity index (χ0n) is 13.3. The number of amides is 1. The van der Waals surface area contributed by atoms with E-state index in [0.29, 0.717) is 38.5 Å². The molecule has 0 atom stereocenters. The lowest BCUT2D eigenvalue weighted by atomic mass is 10.1. The highest BCUT2D eigenvalue weighted by molar-refractivity contribution is 5.77. The lowest BCUT2D eigenvalue weighted by Gasteiger charge is -2.08. The van der Waals surface area contributed by atoms with Crippen molar-refractivity contribution in [1.82, 2.24) is 5.32 Å². The number of carbonyl (C=O) groups is 2. The van der Waals surface area contributed by atoms with Crippen molar-refractivity contribution in [2.45, 2.75) is 33.2 Å². The number of carbonyl (C=O) groups excluding carboxylic acids is 2. The number of ether oxygens (including phenoxy) is 2. The van der Waals surface area contributed by atoms with E-state index in [1.165, 1.54) is 0 Å². The zero-order valence-corrected chi connectivity index (χ0v) is 13.3. The second-order valence-electron chi connectivity index (χ2n) is 5.49. The van der Waals surface area contributed by atoms with Crippen LogP contribution in [-0.2, 0) is 25.6 Å².